The summed E-state index contributed by atoms with van der Waals surface area (Å²) in [7, 11) is 1.45. The molecule has 0 aromatic rings. The molecule has 0 saturated carbocycles. The highest BCUT2D eigenvalue weighted by Crippen LogP contribution is 2.25. The van der Waals surface area contributed by atoms with E-state index in [2.05, 4.69) is 12.6 Å². The Bertz CT molecular complexity index is 167. The number of methoxy groups -OCH3 is 1. The zero-order valence-corrected chi connectivity index (χ0v) is 10.4. The van der Waals surface area contributed by atoms with Gasteiger partial charge in [-0.2, -0.15) is 12.6 Å². The third kappa shape index (κ3) is 5.53. The first-order chi connectivity index (χ1) is 6.54. The summed E-state index contributed by atoms with van der Waals surface area (Å²) >= 11 is 4.15. The maximum atomic E-state index is 11.3. The van der Waals surface area contributed by atoms with Gasteiger partial charge in [0.2, 0.25) is 0 Å². The van der Waals surface area contributed by atoms with Crippen molar-refractivity contribution < 1.29 is 9.53 Å². The average molecular weight is 218 g/mol. The lowest BCUT2D eigenvalue weighted by Gasteiger charge is -2.20. The van der Waals surface area contributed by atoms with Gasteiger partial charge in [-0.15, -0.1) is 0 Å². The van der Waals surface area contributed by atoms with Gasteiger partial charge in [-0.25, -0.2) is 0 Å². The van der Waals surface area contributed by atoms with E-state index >= 15 is 0 Å². The first-order valence-corrected chi connectivity index (χ1v) is 5.87. The molecule has 0 spiro atoms. The predicted octanol–water partition coefficient (Wildman–Crippen LogP) is 3.07. The second-order valence-electron chi connectivity index (χ2n) is 4.26. The minimum atomic E-state index is -0.324. The van der Waals surface area contributed by atoms with Crippen molar-refractivity contribution >= 4 is 18.6 Å². The van der Waals surface area contributed by atoms with Crippen LogP contribution in [0.15, 0.2) is 0 Å². The number of hydrogen-bond acceptors (Lipinski definition) is 3. The molecule has 0 unspecified atom stereocenters. The highest BCUT2D eigenvalue weighted by molar-refractivity contribution is 7.80. The number of thiol groups is 1. The van der Waals surface area contributed by atoms with Gasteiger partial charge in [0.1, 0.15) is 0 Å². The summed E-state index contributed by atoms with van der Waals surface area (Å²) in [4.78, 5) is 11.3. The number of rotatable bonds is 7. The second kappa shape index (κ2) is 7.16. The number of hydrogen-bond donors (Lipinski definition) is 1. The fourth-order valence-electron chi connectivity index (χ4n) is 1.41. The quantitative estimate of drug-likeness (QED) is 0.404. The number of ether oxygens (including phenoxy) is 1. The highest BCUT2D eigenvalue weighted by atomic mass is 32.1. The fourth-order valence-corrected chi connectivity index (χ4v) is 1.63. The van der Waals surface area contributed by atoms with E-state index in [1.165, 1.54) is 26.4 Å². The summed E-state index contributed by atoms with van der Waals surface area (Å²) in [5.74, 6) is 0.854. The lowest BCUT2D eigenvalue weighted by Crippen LogP contribution is -2.25. The molecule has 0 aliphatic heterocycles. The lowest BCUT2D eigenvalue weighted by molar-refractivity contribution is -0.151. The summed E-state index contributed by atoms with van der Waals surface area (Å²) in [5.41, 5.74) is -0.324. The molecular formula is C11H22O2S. The van der Waals surface area contributed by atoms with E-state index in [4.69, 9.17) is 4.74 Å². The summed E-state index contributed by atoms with van der Waals surface area (Å²) in [6.07, 6.45) is 5.56. The van der Waals surface area contributed by atoms with E-state index in [-0.39, 0.29) is 11.4 Å². The van der Waals surface area contributed by atoms with Crippen molar-refractivity contribution in [3.05, 3.63) is 0 Å². The third-order valence-corrected chi connectivity index (χ3v) is 2.76. The van der Waals surface area contributed by atoms with E-state index < -0.39 is 0 Å². The molecule has 0 amide bonds. The Balaban J connectivity index is 3.60. The van der Waals surface area contributed by atoms with Gasteiger partial charge >= 0.3 is 5.97 Å². The number of unbranched alkanes of at least 4 members (excludes halogenated alkanes) is 3. The minimum absolute atomic E-state index is 0.105. The molecule has 0 atom stereocenters. The number of esters is 1. The molecule has 84 valence electrons. The van der Waals surface area contributed by atoms with Crippen LogP contribution in [-0.2, 0) is 9.53 Å². The molecule has 0 aromatic heterocycles. The molecule has 0 aliphatic rings. The Hall–Kier alpha value is -0.180. The summed E-state index contributed by atoms with van der Waals surface area (Å²) in [5, 5.41) is 0. The maximum absolute atomic E-state index is 11.3. The first kappa shape index (κ1) is 13.8. The molecule has 0 saturated heterocycles. The van der Waals surface area contributed by atoms with Crippen molar-refractivity contribution in [1.29, 1.82) is 0 Å². The van der Waals surface area contributed by atoms with Crippen molar-refractivity contribution in [1.82, 2.24) is 0 Å². The van der Waals surface area contributed by atoms with Gasteiger partial charge in [-0.3, -0.25) is 4.79 Å². The van der Waals surface area contributed by atoms with Crippen molar-refractivity contribution in [2.24, 2.45) is 5.41 Å². The van der Waals surface area contributed by atoms with Crippen LogP contribution < -0.4 is 0 Å². The van der Waals surface area contributed by atoms with Crippen LogP contribution in [0.4, 0.5) is 0 Å². The van der Waals surface area contributed by atoms with E-state index in [1.807, 2.05) is 13.8 Å². The van der Waals surface area contributed by atoms with Gasteiger partial charge in [-0.05, 0) is 32.4 Å². The van der Waals surface area contributed by atoms with Crippen molar-refractivity contribution in [3.8, 4) is 0 Å². The normalized spacial score (nSPS) is 11.4. The van der Waals surface area contributed by atoms with Gasteiger partial charge < -0.3 is 4.74 Å². The molecule has 0 bridgehead atoms. The number of carbonyl (C=O) groups excluding carboxylic acids is 1. The zero-order chi connectivity index (χ0) is 11.0. The standard InChI is InChI=1S/C11H22O2S/c1-11(2,10(12)13-3)8-6-4-5-7-9-14/h14H,4-9H2,1-3H3. The van der Waals surface area contributed by atoms with Crippen LogP contribution in [0.25, 0.3) is 0 Å². The van der Waals surface area contributed by atoms with E-state index in [0.29, 0.717) is 0 Å². The average Bonchev–Trinajstić information content (AvgIpc) is 2.16. The van der Waals surface area contributed by atoms with Gasteiger partial charge in [-0.1, -0.05) is 19.3 Å². The van der Waals surface area contributed by atoms with Crippen LogP contribution >= 0.6 is 12.6 Å². The molecule has 3 heteroatoms. The van der Waals surface area contributed by atoms with Crippen LogP contribution in [0.3, 0.4) is 0 Å². The first-order valence-electron chi connectivity index (χ1n) is 5.24. The Morgan fingerprint density at radius 2 is 1.79 bits per heavy atom. The Morgan fingerprint density at radius 3 is 2.29 bits per heavy atom. The van der Waals surface area contributed by atoms with Crippen LogP contribution in [0.1, 0.15) is 46.0 Å². The minimum Gasteiger partial charge on any atom is -0.469 e. The van der Waals surface area contributed by atoms with Crippen LogP contribution in [0.5, 0.6) is 0 Å². The van der Waals surface area contributed by atoms with Crippen molar-refractivity contribution in [2.75, 3.05) is 12.9 Å². The second-order valence-corrected chi connectivity index (χ2v) is 4.71. The Morgan fingerprint density at radius 1 is 1.21 bits per heavy atom. The summed E-state index contributed by atoms with van der Waals surface area (Å²) < 4.78 is 4.74. The van der Waals surface area contributed by atoms with E-state index in [1.54, 1.807) is 0 Å². The molecule has 2 nitrogen and oxygen atoms in total. The smallest absolute Gasteiger partial charge is 0.311 e. The predicted molar refractivity (Wildman–Crippen MR) is 62.7 cm³/mol. The molecule has 0 aromatic carbocycles. The maximum Gasteiger partial charge on any atom is 0.311 e. The summed E-state index contributed by atoms with van der Waals surface area (Å²) in [6.45, 7) is 3.88. The fraction of sp³-hybridized carbons (Fsp3) is 0.909. The van der Waals surface area contributed by atoms with Crippen LogP contribution in [0, 0.1) is 5.41 Å². The molecular weight excluding hydrogens is 196 g/mol. The van der Waals surface area contributed by atoms with Crippen molar-refractivity contribution in [3.63, 3.8) is 0 Å². The molecule has 0 aliphatic carbocycles. The molecule has 14 heavy (non-hydrogen) atoms. The number of carbonyl (C=O) groups is 1. The molecule has 0 heterocycles. The van der Waals surface area contributed by atoms with E-state index in [9.17, 15) is 4.79 Å². The van der Waals surface area contributed by atoms with Gasteiger partial charge in [0.25, 0.3) is 0 Å². The van der Waals surface area contributed by atoms with Gasteiger partial charge in [0.15, 0.2) is 0 Å². The Kier molecular flexibility index (Phi) is 7.06. The lowest BCUT2D eigenvalue weighted by atomic mass is 9.87. The Labute approximate surface area is 92.8 Å². The highest BCUT2D eigenvalue weighted by Gasteiger charge is 2.27. The molecule has 0 fully saturated rings. The van der Waals surface area contributed by atoms with Crippen LogP contribution in [0.2, 0.25) is 0 Å². The van der Waals surface area contributed by atoms with Gasteiger partial charge in [0, 0.05) is 0 Å². The van der Waals surface area contributed by atoms with Crippen molar-refractivity contribution in [2.45, 2.75) is 46.0 Å². The van der Waals surface area contributed by atoms with Gasteiger partial charge in [0.05, 0.1) is 12.5 Å². The zero-order valence-electron chi connectivity index (χ0n) is 9.51. The third-order valence-electron chi connectivity index (χ3n) is 2.45. The molecule has 0 N–H and O–H groups in total. The van der Waals surface area contributed by atoms with Crippen LogP contribution in [-0.4, -0.2) is 18.8 Å². The SMILES string of the molecule is COC(=O)C(C)(C)CCCCCCS. The topological polar surface area (TPSA) is 26.3 Å². The summed E-state index contributed by atoms with van der Waals surface area (Å²) in [6, 6.07) is 0. The largest absolute Gasteiger partial charge is 0.469 e. The van der Waals surface area contributed by atoms with E-state index in [0.717, 1.165) is 18.6 Å². The molecule has 0 rings (SSSR count). The monoisotopic (exact) mass is 218 g/mol. The molecule has 0 radical (unpaired) electrons.